The van der Waals surface area contributed by atoms with Crippen LogP contribution in [0.4, 0.5) is 0 Å². The number of benzene rings is 1. The van der Waals surface area contributed by atoms with Gasteiger partial charge in [0.2, 0.25) is 0 Å². The van der Waals surface area contributed by atoms with Gasteiger partial charge in [0.15, 0.2) is 0 Å². The van der Waals surface area contributed by atoms with E-state index in [-0.39, 0.29) is 0 Å². The number of hydrogen-bond donors (Lipinski definition) is 0. The van der Waals surface area contributed by atoms with E-state index in [0.29, 0.717) is 0 Å². The Morgan fingerprint density at radius 3 is 2.56 bits per heavy atom. The molecule has 0 saturated heterocycles. The van der Waals surface area contributed by atoms with E-state index < -0.39 is 0 Å². The van der Waals surface area contributed by atoms with Crippen molar-refractivity contribution in [2.24, 2.45) is 5.92 Å². The van der Waals surface area contributed by atoms with Crippen molar-refractivity contribution in [3.63, 3.8) is 0 Å². The van der Waals surface area contributed by atoms with Crippen molar-refractivity contribution in [1.82, 2.24) is 0 Å². The number of hydrogen-bond acceptors (Lipinski definition) is 0. The molecule has 0 saturated carbocycles. The minimum absolute atomic E-state index is 0.806. The molecule has 0 radical (unpaired) electrons. The maximum atomic E-state index is 2.41. The standard InChI is InChI=1S/C14H20.C2H6/c1-4-13-10(2)8-9-12-7-5-6-11(3)14(12)13;1-2/h5-7,10,13H,4,8-9H2,1-3H3;1-2H3. The van der Waals surface area contributed by atoms with E-state index in [2.05, 4.69) is 39.0 Å². The van der Waals surface area contributed by atoms with E-state index in [9.17, 15) is 0 Å². The Balaban J connectivity index is 0.000000606. The van der Waals surface area contributed by atoms with Crippen LogP contribution in [0.5, 0.6) is 0 Å². The molecule has 2 unspecified atom stereocenters. The molecule has 90 valence electrons. The van der Waals surface area contributed by atoms with Gasteiger partial charge in [0.25, 0.3) is 0 Å². The average Bonchev–Trinajstić information content (AvgIpc) is 2.33. The molecular weight excluding hydrogens is 192 g/mol. The van der Waals surface area contributed by atoms with Gasteiger partial charge in [-0.25, -0.2) is 0 Å². The smallest absolute Gasteiger partial charge is 0.0133 e. The summed E-state index contributed by atoms with van der Waals surface area (Å²) >= 11 is 0. The minimum atomic E-state index is 0.806. The molecule has 0 heterocycles. The van der Waals surface area contributed by atoms with Crippen LogP contribution in [0.3, 0.4) is 0 Å². The van der Waals surface area contributed by atoms with Gasteiger partial charge < -0.3 is 0 Å². The second-order valence-corrected chi connectivity index (χ2v) is 4.68. The van der Waals surface area contributed by atoms with Crippen molar-refractivity contribution in [1.29, 1.82) is 0 Å². The van der Waals surface area contributed by atoms with Gasteiger partial charge in [0.05, 0.1) is 0 Å². The summed E-state index contributed by atoms with van der Waals surface area (Å²) < 4.78 is 0. The van der Waals surface area contributed by atoms with E-state index >= 15 is 0 Å². The van der Waals surface area contributed by atoms with Gasteiger partial charge in [-0.05, 0) is 54.7 Å². The summed E-state index contributed by atoms with van der Waals surface area (Å²) in [5.74, 6) is 1.67. The molecule has 0 bridgehead atoms. The van der Waals surface area contributed by atoms with Gasteiger partial charge in [-0.2, -0.15) is 0 Å². The Labute approximate surface area is 101 Å². The van der Waals surface area contributed by atoms with Crippen molar-refractivity contribution in [3.05, 3.63) is 34.9 Å². The lowest BCUT2D eigenvalue weighted by molar-refractivity contribution is 0.392. The predicted molar refractivity (Wildman–Crippen MR) is 73.0 cm³/mol. The molecule has 0 heteroatoms. The second kappa shape index (κ2) is 6.08. The SMILES string of the molecule is CC.CCC1c2c(C)cccc2CCC1C. The lowest BCUT2D eigenvalue weighted by atomic mass is 9.73. The minimum Gasteiger partial charge on any atom is -0.0683 e. The van der Waals surface area contributed by atoms with E-state index in [1.54, 1.807) is 11.1 Å². The predicted octanol–water partition coefficient (Wildman–Crippen LogP) is 5.10. The first kappa shape index (κ1) is 13.3. The average molecular weight is 218 g/mol. The van der Waals surface area contributed by atoms with Gasteiger partial charge in [-0.15, -0.1) is 0 Å². The topological polar surface area (TPSA) is 0 Å². The van der Waals surface area contributed by atoms with Crippen LogP contribution in [0, 0.1) is 12.8 Å². The summed E-state index contributed by atoms with van der Waals surface area (Å²) in [6, 6.07) is 6.78. The molecule has 0 N–H and O–H groups in total. The Bertz CT molecular complexity index is 325. The van der Waals surface area contributed by atoms with Crippen LogP contribution >= 0.6 is 0 Å². The fourth-order valence-electron chi connectivity index (χ4n) is 2.97. The Kier molecular flexibility index (Phi) is 5.05. The van der Waals surface area contributed by atoms with Crippen LogP contribution in [0.2, 0.25) is 0 Å². The summed E-state index contributed by atoms with van der Waals surface area (Å²) in [6.45, 7) is 11.0. The third kappa shape index (κ3) is 2.48. The molecule has 1 aromatic rings. The maximum absolute atomic E-state index is 2.41. The molecule has 0 nitrogen and oxygen atoms in total. The molecule has 2 atom stereocenters. The summed E-state index contributed by atoms with van der Waals surface area (Å²) in [5, 5.41) is 0. The molecule has 16 heavy (non-hydrogen) atoms. The Hall–Kier alpha value is -0.780. The van der Waals surface area contributed by atoms with Crippen molar-refractivity contribution >= 4 is 0 Å². The number of aryl methyl sites for hydroxylation is 2. The van der Waals surface area contributed by atoms with Crippen LogP contribution < -0.4 is 0 Å². The highest BCUT2D eigenvalue weighted by Crippen LogP contribution is 2.39. The first-order valence-electron chi connectivity index (χ1n) is 6.82. The highest BCUT2D eigenvalue weighted by atomic mass is 14.3. The zero-order valence-corrected chi connectivity index (χ0v) is 11.5. The van der Waals surface area contributed by atoms with Gasteiger partial charge in [0.1, 0.15) is 0 Å². The normalized spacial score (nSPS) is 23.1. The maximum Gasteiger partial charge on any atom is -0.0133 e. The van der Waals surface area contributed by atoms with Gasteiger partial charge in [-0.3, -0.25) is 0 Å². The highest BCUT2D eigenvalue weighted by molar-refractivity contribution is 5.39. The third-order valence-corrected chi connectivity index (χ3v) is 3.78. The number of fused-ring (bicyclic) bond motifs is 1. The molecular formula is C16H26. The summed E-state index contributed by atoms with van der Waals surface area (Å²) in [6.07, 6.45) is 3.95. The second-order valence-electron chi connectivity index (χ2n) is 4.68. The van der Waals surface area contributed by atoms with E-state index in [0.717, 1.165) is 11.8 Å². The quantitative estimate of drug-likeness (QED) is 0.615. The number of rotatable bonds is 1. The molecule has 0 fully saturated rings. The zero-order valence-electron chi connectivity index (χ0n) is 11.5. The first-order chi connectivity index (χ1) is 7.74. The van der Waals surface area contributed by atoms with Gasteiger partial charge in [-0.1, -0.05) is 45.9 Å². The molecule has 0 spiro atoms. The van der Waals surface area contributed by atoms with Gasteiger partial charge >= 0.3 is 0 Å². The monoisotopic (exact) mass is 218 g/mol. The lowest BCUT2D eigenvalue weighted by Crippen LogP contribution is -2.18. The summed E-state index contributed by atoms with van der Waals surface area (Å²) in [7, 11) is 0. The fourth-order valence-corrected chi connectivity index (χ4v) is 2.97. The van der Waals surface area contributed by atoms with E-state index in [1.807, 2.05) is 13.8 Å². The van der Waals surface area contributed by atoms with Crippen LogP contribution in [0.1, 0.15) is 63.1 Å². The lowest BCUT2D eigenvalue weighted by Gasteiger charge is -2.32. The van der Waals surface area contributed by atoms with Crippen molar-refractivity contribution in [3.8, 4) is 0 Å². The molecule has 0 aromatic heterocycles. The van der Waals surface area contributed by atoms with E-state index in [1.165, 1.54) is 24.8 Å². The van der Waals surface area contributed by atoms with Crippen LogP contribution in [0.25, 0.3) is 0 Å². The Morgan fingerprint density at radius 1 is 1.25 bits per heavy atom. The Morgan fingerprint density at radius 2 is 1.94 bits per heavy atom. The highest BCUT2D eigenvalue weighted by Gasteiger charge is 2.25. The largest absolute Gasteiger partial charge is 0.0683 e. The van der Waals surface area contributed by atoms with Crippen LogP contribution in [-0.4, -0.2) is 0 Å². The van der Waals surface area contributed by atoms with Gasteiger partial charge in [0, 0.05) is 0 Å². The van der Waals surface area contributed by atoms with Crippen molar-refractivity contribution < 1.29 is 0 Å². The molecule has 1 aliphatic carbocycles. The molecule has 2 rings (SSSR count). The van der Waals surface area contributed by atoms with Crippen molar-refractivity contribution in [2.45, 2.75) is 59.8 Å². The third-order valence-electron chi connectivity index (χ3n) is 3.78. The fraction of sp³-hybridized carbons (Fsp3) is 0.625. The zero-order chi connectivity index (χ0) is 12.1. The molecule has 0 aliphatic heterocycles. The van der Waals surface area contributed by atoms with Crippen LogP contribution in [0.15, 0.2) is 18.2 Å². The van der Waals surface area contributed by atoms with Crippen LogP contribution in [-0.2, 0) is 6.42 Å². The summed E-state index contributed by atoms with van der Waals surface area (Å²) in [5.41, 5.74) is 4.77. The molecule has 1 aromatic carbocycles. The first-order valence-corrected chi connectivity index (χ1v) is 6.82. The van der Waals surface area contributed by atoms with Crippen molar-refractivity contribution in [2.75, 3.05) is 0 Å². The molecule has 0 amide bonds. The molecule has 1 aliphatic rings. The summed E-state index contributed by atoms with van der Waals surface area (Å²) in [4.78, 5) is 0. The van der Waals surface area contributed by atoms with E-state index in [4.69, 9.17) is 0 Å².